The molecule has 12 heteroatoms. The zero-order valence-corrected chi connectivity index (χ0v) is 16.2. The first-order valence-corrected chi connectivity index (χ1v) is 9.18. The molecule has 1 amide bonds. The number of benzene rings is 1. The average Bonchev–Trinajstić information content (AvgIpc) is 3.11. The van der Waals surface area contributed by atoms with Crippen molar-refractivity contribution in [1.82, 2.24) is 9.78 Å². The summed E-state index contributed by atoms with van der Waals surface area (Å²) in [5.74, 6) is -2.37. The van der Waals surface area contributed by atoms with Crippen LogP contribution in [0.3, 0.4) is 0 Å². The van der Waals surface area contributed by atoms with E-state index in [0.717, 1.165) is 6.07 Å². The van der Waals surface area contributed by atoms with Crippen LogP contribution in [0.4, 0.5) is 32.0 Å². The highest BCUT2D eigenvalue weighted by Gasteiger charge is 2.40. The lowest BCUT2D eigenvalue weighted by atomic mass is 10.0. The Hall–Kier alpha value is -2.08. The molecule has 1 aromatic heterocycles. The molecule has 1 aromatic carbocycles. The predicted molar refractivity (Wildman–Crippen MR) is 94.1 cm³/mol. The van der Waals surface area contributed by atoms with E-state index >= 15 is 0 Å². The highest BCUT2D eigenvalue weighted by molar-refractivity contribution is 9.10. The molecule has 2 aromatic rings. The second-order valence-electron chi connectivity index (χ2n) is 6.33. The van der Waals surface area contributed by atoms with Crippen LogP contribution in [0.2, 0.25) is 0 Å². The van der Waals surface area contributed by atoms with E-state index in [1.807, 2.05) is 0 Å². The van der Waals surface area contributed by atoms with Gasteiger partial charge in [0.15, 0.2) is 0 Å². The maximum atomic E-state index is 13.2. The van der Waals surface area contributed by atoms with Crippen molar-refractivity contribution in [2.45, 2.75) is 31.2 Å². The van der Waals surface area contributed by atoms with Crippen LogP contribution >= 0.6 is 15.9 Å². The van der Waals surface area contributed by atoms with E-state index in [1.54, 1.807) is 5.32 Å². The van der Waals surface area contributed by atoms with Gasteiger partial charge < -0.3 is 10.1 Å². The molecule has 1 aliphatic rings. The minimum atomic E-state index is -5.26. The lowest BCUT2D eigenvalue weighted by Crippen LogP contribution is -2.30. The third-order valence-electron chi connectivity index (χ3n) is 4.40. The Labute approximate surface area is 169 Å². The van der Waals surface area contributed by atoms with E-state index in [2.05, 4.69) is 21.0 Å². The van der Waals surface area contributed by atoms with Gasteiger partial charge in [0.05, 0.1) is 23.0 Å². The van der Waals surface area contributed by atoms with Gasteiger partial charge in [-0.3, -0.25) is 9.48 Å². The van der Waals surface area contributed by atoms with E-state index in [-0.39, 0.29) is 21.8 Å². The highest BCUT2D eigenvalue weighted by Crippen LogP contribution is 2.42. The Balaban J connectivity index is 2.12. The number of rotatable bonds is 3. The molecule has 0 unspecified atom stereocenters. The minimum absolute atomic E-state index is 0.0218. The van der Waals surface area contributed by atoms with Gasteiger partial charge in [-0.2, -0.15) is 31.4 Å². The maximum Gasteiger partial charge on any atom is 0.471 e. The largest absolute Gasteiger partial charge is 0.471 e. The number of amides is 1. The van der Waals surface area contributed by atoms with Gasteiger partial charge in [-0.05, 0) is 31.0 Å². The molecule has 1 saturated heterocycles. The summed E-state index contributed by atoms with van der Waals surface area (Å²) in [7, 11) is 0. The number of aromatic nitrogens is 2. The summed E-state index contributed by atoms with van der Waals surface area (Å²) in [5.41, 5.74) is -1.57. The van der Waals surface area contributed by atoms with Crippen LogP contribution in [0, 0.1) is 0 Å². The van der Waals surface area contributed by atoms with Gasteiger partial charge in [-0.15, -0.1) is 0 Å². The number of carbonyl (C=O) groups is 1. The minimum Gasteiger partial charge on any atom is -0.381 e. The van der Waals surface area contributed by atoms with E-state index in [1.165, 1.54) is 16.9 Å². The molecule has 1 N–H and O–H groups in total. The first-order chi connectivity index (χ1) is 13.5. The molecule has 2 heterocycles. The Bertz CT molecular complexity index is 904. The van der Waals surface area contributed by atoms with Crippen LogP contribution in [-0.2, 0) is 15.7 Å². The molecular weight excluding hydrogens is 472 g/mol. The van der Waals surface area contributed by atoms with Crippen molar-refractivity contribution in [3.05, 3.63) is 34.4 Å². The predicted octanol–water partition coefficient (Wildman–Crippen LogP) is 5.18. The summed E-state index contributed by atoms with van der Waals surface area (Å²) < 4.78 is 84.3. The number of halogens is 7. The van der Waals surface area contributed by atoms with Crippen molar-refractivity contribution in [1.29, 1.82) is 0 Å². The van der Waals surface area contributed by atoms with Crippen molar-refractivity contribution in [3.8, 4) is 11.3 Å². The van der Waals surface area contributed by atoms with Crippen LogP contribution in [-0.4, -0.2) is 35.1 Å². The van der Waals surface area contributed by atoms with E-state index in [0.29, 0.717) is 32.1 Å². The zero-order chi connectivity index (χ0) is 21.4. The molecule has 0 saturated carbocycles. The zero-order valence-electron chi connectivity index (χ0n) is 14.6. The summed E-state index contributed by atoms with van der Waals surface area (Å²) in [6, 6.07) is 2.83. The summed E-state index contributed by atoms with van der Waals surface area (Å²) in [5, 5.41) is 5.73. The lowest BCUT2D eigenvalue weighted by Gasteiger charge is -2.25. The molecule has 0 bridgehead atoms. The smallest absolute Gasteiger partial charge is 0.381 e. The van der Waals surface area contributed by atoms with E-state index < -0.39 is 29.5 Å². The monoisotopic (exact) mass is 485 g/mol. The number of carbonyl (C=O) groups excluding carboxylic acids is 1. The molecule has 0 spiro atoms. The molecular formula is C17H14BrF6N3O2. The van der Waals surface area contributed by atoms with E-state index in [4.69, 9.17) is 4.74 Å². The number of alkyl halides is 6. The molecule has 0 radical (unpaired) electrons. The first kappa shape index (κ1) is 21.6. The molecule has 3 rings (SSSR count). The highest BCUT2D eigenvalue weighted by atomic mass is 79.9. The van der Waals surface area contributed by atoms with Gasteiger partial charge in [0, 0.05) is 29.4 Å². The SMILES string of the molecule is O=C(Nc1cc(C(F)(F)F)c(Br)cc1-c1ccnn1C1CCOCC1)C(F)(F)F. The lowest BCUT2D eigenvalue weighted by molar-refractivity contribution is -0.167. The normalized spacial score (nSPS) is 16.1. The summed E-state index contributed by atoms with van der Waals surface area (Å²) in [4.78, 5) is 11.4. The van der Waals surface area contributed by atoms with Crippen LogP contribution in [0.1, 0.15) is 24.4 Å². The molecule has 0 atom stereocenters. The van der Waals surface area contributed by atoms with Gasteiger partial charge in [0.1, 0.15) is 0 Å². The topological polar surface area (TPSA) is 56.2 Å². The fourth-order valence-corrected chi connectivity index (χ4v) is 3.62. The van der Waals surface area contributed by atoms with Crippen LogP contribution in [0.5, 0.6) is 0 Å². The first-order valence-electron chi connectivity index (χ1n) is 8.39. The molecule has 5 nitrogen and oxygen atoms in total. The van der Waals surface area contributed by atoms with Crippen molar-refractivity contribution < 1.29 is 35.9 Å². The molecule has 29 heavy (non-hydrogen) atoms. The van der Waals surface area contributed by atoms with Gasteiger partial charge in [0.25, 0.3) is 0 Å². The van der Waals surface area contributed by atoms with Gasteiger partial charge >= 0.3 is 18.3 Å². The Morgan fingerprint density at radius 2 is 1.83 bits per heavy atom. The third kappa shape index (κ3) is 4.74. The van der Waals surface area contributed by atoms with Crippen LogP contribution in [0.25, 0.3) is 11.3 Å². The summed E-state index contributed by atoms with van der Waals surface area (Å²) >= 11 is 2.82. The standard InChI is InChI=1S/C17H14BrF6N3O2/c18-12-7-10(14-1-4-25-27(14)9-2-5-29-6-3-9)13(8-11(12)16(19,20)21)26-15(28)17(22,23)24/h1,4,7-9H,2-3,5-6H2,(H,26,28). The Morgan fingerprint density at radius 1 is 1.17 bits per heavy atom. The molecule has 1 aliphatic heterocycles. The number of hydrogen-bond donors (Lipinski definition) is 1. The fourth-order valence-electron chi connectivity index (χ4n) is 3.05. The quantitative estimate of drug-likeness (QED) is 0.609. The van der Waals surface area contributed by atoms with Crippen molar-refractivity contribution in [2.24, 2.45) is 0 Å². The molecule has 0 aliphatic carbocycles. The number of ether oxygens (including phenoxy) is 1. The Morgan fingerprint density at radius 3 is 2.41 bits per heavy atom. The van der Waals surface area contributed by atoms with Crippen molar-refractivity contribution in [3.63, 3.8) is 0 Å². The summed E-state index contributed by atoms with van der Waals surface area (Å²) in [6.07, 6.45) is -7.53. The third-order valence-corrected chi connectivity index (χ3v) is 5.06. The number of nitrogens with zero attached hydrogens (tertiary/aromatic N) is 2. The molecule has 1 fully saturated rings. The number of nitrogens with one attached hydrogen (secondary N) is 1. The fraction of sp³-hybridized carbons (Fsp3) is 0.412. The second kappa shape index (κ2) is 7.98. The average molecular weight is 486 g/mol. The van der Waals surface area contributed by atoms with E-state index in [9.17, 15) is 31.1 Å². The summed E-state index contributed by atoms with van der Waals surface area (Å²) in [6.45, 7) is 0.913. The Kier molecular flexibility index (Phi) is 5.95. The number of anilines is 1. The van der Waals surface area contributed by atoms with Gasteiger partial charge in [-0.25, -0.2) is 0 Å². The van der Waals surface area contributed by atoms with Crippen molar-refractivity contribution in [2.75, 3.05) is 18.5 Å². The second-order valence-corrected chi connectivity index (χ2v) is 7.19. The number of hydrogen-bond acceptors (Lipinski definition) is 3. The van der Waals surface area contributed by atoms with Crippen LogP contribution < -0.4 is 5.32 Å². The molecule has 158 valence electrons. The van der Waals surface area contributed by atoms with Crippen LogP contribution in [0.15, 0.2) is 28.9 Å². The van der Waals surface area contributed by atoms with Crippen molar-refractivity contribution >= 4 is 27.5 Å². The van der Waals surface area contributed by atoms with Gasteiger partial charge in [-0.1, -0.05) is 15.9 Å². The van der Waals surface area contributed by atoms with Gasteiger partial charge in [0.2, 0.25) is 0 Å². The maximum absolute atomic E-state index is 13.2.